The summed E-state index contributed by atoms with van der Waals surface area (Å²) in [5.41, 5.74) is 6.59. The highest BCUT2D eigenvalue weighted by Crippen LogP contribution is 2.25. The van der Waals surface area contributed by atoms with Crippen LogP contribution in [-0.4, -0.2) is 36.9 Å². The van der Waals surface area contributed by atoms with Gasteiger partial charge in [0.15, 0.2) is 0 Å². The lowest BCUT2D eigenvalue weighted by molar-refractivity contribution is 0.602. The Hall–Kier alpha value is -1.37. The molecule has 0 unspecified atom stereocenters. The van der Waals surface area contributed by atoms with Gasteiger partial charge >= 0.3 is 0 Å². The smallest absolute Gasteiger partial charge is 0.149 e. The average Bonchev–Trinajstić information content (AvgIpc) is 2.14. The molecule has 0 fully saturated rings. The minimum atomic E-state index is -2.97. The van der Waals surface area contributed by atoms with E-state index < -0.39 is 9.84 Å². The third-order valence-electron chi connectivity index (χ3n) is 2.26. The van der Waals surface area contributed by atoms with Crippen molar-refractivity contribution in [1.29, 1.82) is 0 Å². The van der Waals surface area contributed by atoms with Crippen LogP contribution < -0.4 is 11.1 Å². The van der Waals surface area contributed by atoms with E-state index in [1.165, 1.54) is 12.6 Å². The van der Waals surface area contributed by atoms with Crippen molar-refractivity contribution in [3.8, 4) is 0 Å². The van der Waals surface area contributed by atoms with Gasteiger partial charge in [0.1, 0.15) is 27.8 Å². The van der Waals surface area contributed by atoms with Gasteiger partial charge in [0, 0.05) is 18.4 Å². The molecular weight excluding hydrogens is 240 g/mol. The molecule has 0 aliphatic carbocycles. The highest BCUT2D eigenvalue weighted by molar-refractivity contribution is 7.90. The van der Waals surface area contributed by atoms with E-state index in [1.807, 2.05) is 13.8 Å². The monoisotopic (exact) mass is 258 g/mol. The number of hydrogen-bond acceptors (Lipinski definition) is 6. The first kappa shape index (κ1) is 13.7. The standard InChI is InChI=1S/C10H18N4O2S/c1-7(2)8-9(11)13-6-14-10(8)12-4-5-17(3,15)16/h6-7H,4-5H2,1-3H3,(H3,11,12,13,14). The molecule has 96 valence electrons. The Labute approximate surface area is 102 Å². The predicted octanol–water partition coefficient (Wildman–Crippen LogP) is 0.639. The summed E-state index contributed by atoms with van der Waals surface area (Å²) >= 11 is 0. The van der Waals surface area contributed by atoms with Crippen molar-refractivity contribution in [2.24, 2.45) is 0 Å². The lowest BCUT2D eigenvalue weighted by atomic mass is 10.1. The number of nitrogens with two attached hydrogens (primary N) is 1. The van der Waals surface area contributed by atoms with Gasteiger partial charge < -0.3 is 11.1 Å². The largest absolute Gasteiger partial charge is 0.383 e. The van der Waals surface area contributed by atoms with E-state index in [9.17, 15) is 8.42 Å². The van der Waals surface area contributed by atoms with Crippen LogP contribution in [-0.2, 0) is 9.84 Å². The van der Waals surface area contributed by atoms with E-state index in [-0.39, 0.29) is 11.7 Å². The second-order valence-electron chi connectivity index (χ2n) is 4.23. The van der Waals surface area contributed by atoms with Crippen molar-refractivity contribution in [2.75, 3.05) is 29.6 Å². The molecule has 0 radical (unpaired) electrons. The van der Waals surface area contributed by atoms with Gasteiger partial charge in [-0.1, -0.05) is 13.8 Å². The summed E-state index contributed by atoms with van der Waals surface area (Å²) in [7, 11) is -2.97. The van der Waals surface area contributed by atoms with Gasteiger partial charge in [0.25, 0.3) is 0 Å². The van der Waals surface area contributed by atoms with Gasteiger partial charge in [-0.25, -0.2) is 18.4 Å². The third-order valence-corrected chi connectivity index (χ3v) is 3.20. The number of nitrogens with zero attached hydrogens (tertiary/aromatic N) is 2. The molecule has 0 aliphatic rings. The Balaban J connectivity index is 2.81. The molecule has 1 aromatic heterocycles. The van der Waals surface area contributed by atoms with E-state index in [1.54, 1.807) is 0 Å². The summed E-state index contributed by atoms with van der Waals surface area (Å²) in [4.78, 5) is 8.01. The van der Waals surface area contributed by atoms with Crippen LogP contribution in [0.5, 0.6) is 0 Å². The van der Waals surface area contributed by atoms with E-state index in [0.29, 0.717) is 18.2 Å². The van der Waals surface area contributed by atoms with Crippen molar-refractivity contribution < 1.29 is 8.42 Å². The predicted molar refractivity (Wildman–Crippen MR) is 68.7 cm³/mol. The zero-order chi connectivity index (χ0) is 13.1. The van der Waals surface area contributed by atoms with Crippen LogP contribution in [0.15, 0.2) is 6.33 Å². The SMILES string of the molecule is CC(C)c1c(N)ncnc1NCCS(C)(=O)=O. The van der Waals surface area contributed by atoms with Crippen molar-refractivity contribution in [2.45, 2.75) is 19.8 Å². The molecule has 0 bridgehead atoms. The topological polar surface area (TPSA) is 98.0 Å². The molecule has 0 atom stereocenters. The van der Waals surface area contributed by atoms with Crippen LogP contribution >= 0.6 is 0 Å². The highest BCUT2D eigenvalue weighted by atomic mass is 32.2. The lowest BCUT2D eigenvalue weighted by Crippen LogP contribution is -2.17. The number of aromatic nitrogens is 2. The van der Waals surface area contributed by atoms with E-state index in [0.717, 1.165) is 5.56 Å². The maximum atomic E-state index is 11.0. The highest BCUT2D eigenvalue weighted by Gasteiger charge is 2.13. The zero-order valence-corrected chi connectivity index (χ0v) is 11.1. The molecule has 6 nitrogen and oxygen atoms in total. The van der Waals surface area contributed by atoms with Gasteiger partial charge in [-0.05, 0) is 5.92 Å². The summed E-state index contributed by atoms with van der Waals surface area (Å²) in [5, 5.41) is 2.98. The average molecular weight is 258 g/mol. The first-order valence-electron chi connectivity index (χ1n) is 5.33. The number of rotatable bonds is 5. The molecule has 1 aromatic rings. The van der Waals surface area contributed by atoms with Crippen LogP contribution in [0.1, 0.15) is 25.3 Å². The van der Waals surface area contributed by atoms with Gasteiger partial charge in [0.05, 0.1) is 5.75 Å². The van der Waals surface area contributed by atoms with Crippen molar-refractivity contribution in [1.82, 2.24) is 9.97 Å². The molecule has 17 heavy (non-hydrogen) atoms. The molecule has 0 saturated carbocycles. The summed E-state index contributed by atoms with van der Waals surface area (Å²) in [5.74, 6) is 1.28. The fraction of sp³-hybridized carbons (Fsp3) is 0.600. The van der Waals surface area contributed by atoms with Crippen LogP contribution in [0.3, 0.4) is 0 Å². The molecule has 0 aliphatic heterocycles. The minimum absolute atomic E-state index is 0.0639. The number of nitrogens with one attached hydrogen (secondary N) is 1. The third kappa shape index (κ3) is 4.18. The number of anilines is 2. The summed E-state index contributed by atoms with van der Waals surface area (Å²) in [6.45, 7) is 4.28. The Morgan fingerprint density at radius 3 is 2.59 bits per heavy atom. The maximum absolute atomic E-state index is 11.0. The molecule has 7 heteroatoms. The molecule has 0 aromatic carbocycles. The van der Waals surface area contributed by atoms with E-state index >= 15 is 0 Å². The van der Waals surface area contributed by atoms with Crippen molar-refractivity contribution >= 4 is 21.5 Å². The summed E-state index contributed by atoms with van der Waals surface area (Å²) in [6.07, 6.45) is 2.57. The number of nitrogen functional groups attached to an aromatic ring is 1. The summed E-state index contributed by atoms with van der Waals surface area (Å²) in [6, 6.07) is 0. The second-order valence-corrected chi connectivity index (χ2v) is 6.49. The van der Waals surface area contributed by atoms with Gasteiger partial charge in [-0.2, -0.15) is 0 Å². The first-order valence-corrected chi connectivity index (χ1v) is 7.39. The van der Waals surface area contributed by atoms with Crippen molar-refractivity contribution in [3.05, 3.63) is 11.9 Å². The summed E-state index contributed by atoms with van der Waals surface area (Å²) < 4.78 is 22.0. The number of sulfone groups is 1. The molecule has 1 rings (SSSR count). The van der Waals surface area contributed by atoms with E-state index in [4.69, 9.17) is 5.73 Å². The Kier molecular flexibility index (Phi) is 4.28. The fourth-order valence-electron chi connectivity index (χ4n) is 1.47. The van der Waals surface area contributed by atoms with Crippen LogP contribution in [0.25, 0.3) is 0 Å². The normalized spacial score (nSPS) is 11.8. The minimum Gasteiger partial charge on any atom is -0.383 e. The Morgan fingerprint density at radius 2 is 2.06 bits per heavy atom. The quantitative estimate of drug-likeness (QED) is 0.804. The molecule has 0 saturated heterocycles. The maximum Gasteiger partial charge on any atom is 0.149 e. The fourth-order valence-corrected chi connectivity index (χ4v) is 1.95. The molecule has 0 amide bonds. The van der Waals surface area contributed by atoms with Crippen LogP contribution in [0, 0.1) is 0 Å². The second kappa shape index (κ2) is 5.31. The first-order chi connectivity index (χ1) is 7.81. The number of hydrogen-bond donors (Lipinski definition) is 2. The van der Waals surface area contributed by atoms with Gasteiger partial charge in [-0.3, -0.25) is 0 Å². The van der Waals surface area contributed by atoms with Gasteiger partial charge in [-0.15, -0.1) is 0 Å². The van der Waals surface area contributed by atoms with Crippen LogP contribution in [0.2, 0.25) is 0 Å². The van der Waals surface area contributed by atoms with Crippen LogP contribution in [0.4, 0.5) is 11.6 Å². The molecule has 1 heterocycles. The Morgan fingerprint density at radius 1 is 1.41 bits per heavy atom. The van der Waals surface area contributed by atoms with E-state index in [2.05, 4.69) is 15.3 Å². The zero-order valence-electron chi connectivity index (χ0n) is 10.3. The Bertz CT molecular complexity index is 485. The molecular formula is C10H18N4O2S. The molecule has 3 N–H and O–H groups in total. The van der Waals surface area contributed by atoms with Crippen molar-refractivity contribution in [3.63, 3.8) is 0 Å². The van der Waals surface area contributed by atoms with Gasteiger partial charge in [0.2, 0.25) is 0 Å². The lowest BCUT2D eigenvalue weighted by Gasteiger charge is -2.14. The molecule has 0 spiro atoms.